The number of benzene rings is 6. The lowest BCUT2D eigenvalue weighted by atomic mass is 9.94. The summed E-state index contributed by atoms with van der Waals surface area (Å²) in [5, 5.41) is 27.7. The molecule has 59 heavy (non-hydrogen) atoms. The summed E-state index contributed by atoms with van der Waals surface area (Å²) < 4.78 is 20.7. The molecule has 0 aliphatic carbocycles. The van der Waals surface area contributed by atoms with Gasteiger partial charge in [-0.3, -0.25) is 0 Å². The maximum atomic E-state index is 9.27. The highest BCUT2D eigenvalue weighted by Crippen LogP contribution is 2.31. The van der Waals surface area contributed by atoms with Crippen LogP contribution in [0.2, 0.25) is 0 Å². The fourth-order valence-electron chi connectivity index (χ4n) is 6.21. The zero-order valence-corrected chi connectivity index (χ0v) is 34.5. The van der Waals surface area contributed by atoms with E-state index in [1.807, 2.05) is 178 Å². The number of ether oxygens (including phenoxy) is 4. The standard InChI is InChI=1S/C18H17NO2.2C17H15NO/c1-13(12-19)18(14-4-8-16(20-2)9-5-14)15-6-10-17(21-3)11-7-15;2*1-13(12-18)17(14-6-4-3-5-7-14)15-8-10-16(19-2)11-9-15/h4-11H,1-3H3;2*3-11H,1-2H3/b;17-13+;17-13-. The van der Waals surface area contributed by atoms with Crippen molar-refractivity contribution in [3.05, 3.63) is 208 Å². The molecule has 0 aromatic heterocycles. The minimum Gasteiger partial charge on any atom is -0.497 e. The molecule has 0 spiro atoms. The maximum Gasteiger partial charge on any atom is 0.118 e. The zero-order chi connectivity index (χ0) is 42.6. The Morgan fingerprint density at radius 2 is 0.492 bits per heavy atom. The molecular formula is C52H47N3O4. The van der Waals surface area contributed by atoms with Gasteiger partial charge in [0, 0.05) is 33.4 Å². The predicted octanol–water partition coefficient (Wildman–Crippen LogP) is 12.1. The van der Waals surface area contributed by atoms with Crippen LogP contribution < -0.4 is 18.9 Å². The summed E-state index contributed by atoms with van der Waals surface area (Å²) >= 11 is 0. The molecule has 6 aromatic rings. The van der Waals surface area contributed by atoms with Crippen molar-refractivity contribution in [2.24, 2.45) is 0 Å². The highest BCUT2D eigenvalue weighted by molar-refractivity contribution is 5.86. The second kappa shape index (κ2) is 22.7. The summed E-state index contributed by atoms with van der Waals surface area (Å²) in [6.45, 7) is 5.50. The van der Waals surface area contributed by atoms with Crippen molar-refractivity contribution in [1.29, 1.82) is 15.8 Å². The van der Waals surface area contributed by atoms with Gasteiger partial charge in [-0.25, -0.2) is 0 Å². The van der Waals surface area contributed by atoms with Crippen LogP contribution in [0.15, 0.2) is 174 Å². The summed E-state index contributed by atoms with van der Waals surface area (Å²) in [5.74, 6) is 3.21. The van der Waals surface area contributed by atoms with Gasteiger partial charge in [0.15, 0.2) is 0 Å². The van der Waals surface area contributed by atoms with E-state index in [1.165, 1.54) is 0 Å². The van der Waals surface area contributed by atoms with Crippen molar-refractivity contribution in [3.63, 3.8) is 0 Å². The van der Waals surface area contributed by atoms with Crippen LogP contribution in [-0.2, 0) is 0 Å². The number of hydrogen-bond donors (Lipinski definition) is 0. The van der Waals surface area contributed by atoms with Crippen LogP contribution in [0.4, 0.5) is 0 Å². The number of nitriles is 3. The fraction of sp³-hybridized carbons (Fsp3) is 0.135. The molecule has 0 radical (unpaired) electrons. The third kappa shape index (κ3) is 12.1. The average Bonchev–Trinajstić information content (AvgIpc) is 3.31. The third-order valence-corrected chi connectivity index (χ3v) is 9.27. The van der Waals surface area contributed by atoms with Crippen LogP contribution in [0.3, 0.4) is 0 Å². The molecule has 0 aliphatic rings. The largest absolute Gasteiger partial charge is 0.497 e. The molecule has 0 aliphatic heterocycles. The second-order valence-corrected chi connectivity index (χ2v) is 13.0. The minimum atomic E-state index is 0.672. The van der Waals surface area contributed by atoms with E-state index in [4.69, 9.17) is 18.9 Å². The Kier molecular flexibility index (Phi) is 16.9. The number of rotatable bonds is 10. The highest BCUT2D eigenvalue weighted by atomic mass is 16.5. The van der Waals surface area contributed by atoms with Crippen molar-refractivity contribution in [1.82, 2.24) is 0 Å². The average molecular weight is 778 g/mol. The molecule has 7 nitrogen and oxygen atoms in total. The van der Waals surface area contributed by atoms with Gasteiger partial charge in [-0.1, -0.05) is 109 Å². The van der Waals surface area contributed by atoms with E-state index in [-0.39, 0.29) is 0 Å². The summed E-state index contributed by atoms with van der Waals surface area (Å²) in [4.78, 5) is 0. The van der Waals surface area contributed by atoms with Gasteiger partial charge in [0.1, 0.15) is 23.0 Å². The molecule has 0 fully saturated rings. The molecule has 294 valence electrons. The summed E-state index contributed by atoms with van der Waals surface area (Å²) in [6.07, 6.45) is 0. The monoisotopic (exact) mass is 777 g/mol. The maximum absolute atomic E-state index is 9.27. The molecule has 7 heteroatoms. The van der Waals surface area contributed by atoms with Crippen molar-refractivity contribution >= 4 is 16.7 Å². The van der Waals surface area contributed by atoms with Crippen molar-refractivity contribution < 1.29 is 18.9 Å². The number of hydrogen-bond acceptors (Lipinski definition) is 7. The lowest BCUT2D eigenvalue weighted by Gasteiger charge is -2.11. The van der Waals surface area contributed by atoms with E-state index in [1.54, 1.807) is 28.4 Å². The Labute approximate surface area is 348 Å². The number of allylic oxidation sites excluding steroid dienone is 3. The van der Waals surface area contributed by atoms with Gasteiger partial charge < -0.3 is 18.9 Å². The molecular weight excluding hydrogens is 731 g/mol. The lowest BCUT2D eigenvalue weighted by molar-refractivity contribution is 0.414. The van der Waals surface area contributed by atoms with Crippen molar-refractivity contribution in [3.8, 4) is 41.2 Å². The smallest absolute Gasteiger partial charge is 0.118 e. The quantitative estimate of drug-likeness (QED) is 0.127. The van der Waals surface area contributed by atoms with E-state index in [0.717, 1.165) is 73.1 Å². The van der Waals surface area contributed by atoms with Gasteiger partial charge in [0.05, 0.1) is 46.6 Å². The topological polar surface area (TPSA) is 108 Å². The van der Waals surface area contributed by atoms with Crippen LogP contribution in [-0.4, -0.2) is 28.4 Å². The van der Waals surface area contributed by atoms with E-state index in [2.05, 4.69) is 18.2 Å². The Morgan fingerprint density at radius 3 is 0.661 bits per heavy atom. The Bertz CT molecular complexity index is 2320. The SMILES string of the molecule is COc1ccc(/C(=C(/C)C#N)c2ccccc2)cc1.COc1ccc(/C(=C(\C)C#N)c2ccccc2)cc1.COc1ccc(C(=C(C)C#N)c2ccc(OC)cc2)cc1. The first-order valence-electron chi connectivity index (χ1n) is 18.7. The fourth-order valence-corrected chi connectivity index (χ4v) is 6.21. The third-order valence-electron chi connectivity index (χ3n) is 9.27. The minimum absolute atomic E-state index is 0.672. The van der Waals surface area contributed by atoms with Gasteiger partial charge in [-0.15, -0.1) is 0 Å². The molecule has 0 amide bonds. The second-order valence-electron chi connectivity index (χ2n) is 13.0. The van der Waals surface area contributed by atoms with Gasteiger partial charge in [-0.05, 0) is 103 Å². The molecule has 0 atom stereocenters. The van der Waals surface area contributed by atoms with Gasteiger partial charge in [-0.2, -0.15) is 15.8 Å². The number of nitrogens with zero attached hydrogens (tertiary/aromatic N) is 3. The molecule has 0 bridgehead atoms. The van der Waals surface area contributed by atoms with Crippen LogP contribution in [0.1, 0.15) is 54.2 Å². The van der Waals surface area contributed by atoms with Crippen LogP contribution >= 0.6 is 0 Å². The van der Waals surface area contributed by atoms with Gasteiger partial charge in [0.25, 0.3) is 0 Å². The molecule has 0 unspecified atom stereocenters. The summed E-state index contributed by atoms with van der Waals surface area (Å²) in [7, 11) is 6.55. The molecule has 0 heterocycles. The number of methoxy groups -OCH3 is 4. The molecule has 6 aromatic carbocycles. The Balaban J connectivity index is 0.000000196. The molecule has 6 rings (SSSR count). The molecule has 0 saturated heterocycles. The van der Waals surface area contributed by atoms with E-state index >= 15 is 0 Å². The van der Waals surface area contributed by atoms with Crippen LogP contribution in [0.25, 0.3) is 16.7 Å². The zero-order valence-electron chi connectivity index (χ0n) is 34.5. The summed E-state index contributed by atoms with van der Waals surface area (Å²) in [6, 6.07) is 57.5. The van der Waals surface area contributed by atoms with Crippen LogP contribution in [0.5, 0.6) is 23.0 Å². The predicted molar refractivity (Wildman–Crippen MR) is 237 cm³/mol. The molecule has 0 N–H and O–H groups in total. The lowest BCUT2D eigenvalue weighted by Crippen LogP contribution is -1.93. The first kappa shape index (κ1) is 43.9. The highest BCUT2D eigenvalue weighted by Gasteiger charge is 2.12. The van der Waals surface area contributed by atoms with Crippen molar-refractivity contribution in [2.75, 3.05) is 28.4 Å². The van der Waals surface area contributed by atoms with E-state index in [0.29, 0.717) is 16.7 Å². The van der Waals surface area contributed by atoms with Gasteiger partial charge >= 0.3 is 0 Å². The first-order chi connectivity index (χ1) is 28.7. The van der Waals surface area contributed by atoms with Crippen molar-refractivity contribution in [2.45, 2.75) is 20.8 Å². The van der Waals surface area contributed by atoms with Gasteiger partial charge in [0.2, 0.25) is 0 Å². The first-order valence-corrected chi connectivity index (χ1v) is 18.7. The summed E-state index contributed by atoms with van der Waals surface area (Å²) in [5.41, 5.74) is 11.0. The van der Waals surface area contributed by atoms with Crippen LogP contribution in [0, 0.1) is 34.0 Å². The molecule has 0 saturated carbocycles. The van der Waals surface area contributed by atoms with E-state index < -0.39 is 0 Å². The van der Waals surface area contributed by atoms with E-state index in [9.17, 15) is 15.8 Å². The normalized spacial score (nSPS) is 10.8. The Hall–Kier alpha value is -7.79. The Morgan fingerprint density at radius 1 is 0.305 bits per heavy atom.